The van der Waals surface area contributed by atoms with Crippen molar-refractivity contribution in [3.05, 3.63) is 60.3 Å². The van der Waals surface area contributed by atoms with Gasteiger partial charge in [-0.2, -0.15) is 0 Å². The average molecular weight is 352 g/mol. The van der Waals surface area contributed by atoms with Crippen molar-refractivity contribution in [1.82, 2.24) is 5.32 Å². The highest BCUT2D eigenvalue weighted by molar-refractivity contribution is 5.98. The number of hydrogen-bond donors (Lipinski definition) is 3. The van der Waals surface area contributed by atoms with E-state index >= 15 is 0 Å². The van der Waals surface area contributed by atoms with E-state index in [0.29, 0.717) is 6.42 Å². The highest BCUT2D eigenvalue weighted by Crippen LogP contribution is 2.28. The Bertz CT molecular complexity index is 746. The summed E-state index contributed by atoms with van der Waals surface area (Å²) in [5.41, 5.74) is 3.97. The molecule has 2 aromatic rings. The lowest BCUT2D eigenvalue weighted by atomic mass is 10.0. The maximum atomic E-state index is 12.3. The van der Waals surface area contributed by atoms with Gasteiger partial charge in [0, 0.05) is 12.0 Å². The fraction of sp³-hybridized carbons (Fsp3) is 0.333. The van der Waals surface area contributed by atoms with Crippen LogP contribution in [0.5, 0.6) is 5.75 Å². The van der Waals surface area contributed by atoms with Crippen LogP contribution < -0.4 is 20.7 Å². The summed E-state index contributed by atoms with van der Waals surface area (Å²) in [4.78, 5) is 12.3. The molecule has 1 aliphatic heterocycles. The fourth-order valence-corrected chi connectivity index (χ4v) is 3.09. The summed E-state index contributed by atoms with van der Waals surface area (Å²) >= 11 is 0. The van der Waals surface area contributed by atoms with Gasteiger partial charge in [-0.15, -0.1) is 0 Å². The molecule has 0 aromatic heterocycles. The second kappa shape index (κ2) is 9.25. The van der Waals surface area contributed by atoms with Crippen LogP contribution >= 0.6 is 0 Å². The lowest BCUT2D eigenvalue weighted by molar-refractivity contribution is 0.0979. The molecule has 0 amide bonds. The van der Waals surface area contributed by atoms with Gasteiger partial charge in [0.05, 0.1) is 18.5 Å². The highest BCUT2D eigenvalue weighted by atomic mass is 16.5. The van der Waals surface area contributed by atoms with Crippen LogP contribution in [0.4, 0.5) is 11.4 Å². The molecule has 0 saturated carbocycles. The van der Waals surface area contributed by atoms with Crippen molar-refractivity contribution < 1.29 is 9.53 Å². The van der Waals surface area contributed by atoms with Crippen molar-refractivity contribution in [2.75, 3.05) is 30.8 Å². The molecule has 0 atom stereocenters. The number of unbranched alkanes of at least 4 members (excludes halogenated alkanes) is 1. The molecule has 1 radical (unpaired) electrons. The van der Waals surface area contributed by atoms with Crippen molar-refractivity contribution in [3.63, 3.8) is 0 Å². The van der Waals surface area contributed by atoms with E-state index in [1.54, 1.807) is 13.8 Å². The van der Waals surface area contributed by atoms with Gasteiger partial charge >= 0.3 is 0 Å². The zero-order valence-electron chi connectivity index (χ0n) is 15.2. The molecular weight excluding hydrogens is 326 g/mol. The monoisotopic (exact) mass is 352 g/mol. The molecule has 3 N–H and O–H groups in total. The van der Waals surface area contributed by atoms with Crippen LogP contribution in [0, 0.1) is 6.67 Å². The second-order valence-corrected chi connectivity index (χ2v) is 6.39. The summed E-state index contributed by atoms with van der Waals surface area (Å²) in [7, 11) is 1.70. The summed E-state index contributed by atoms with van der Waals surface area (Å²) in [6.45, 7) is 3.61. The Morgan fingerprint density at radius 3 is 2.77 bits per heavy atom. The number of nitrogens with one attached hydrogen (secondary N) is 3. The number of anilines is 2. The summed E-state index contributed by atoms with van der Waals surface area (Å²) < 4.78 is 5.36. The van der Waals surface area contributed by atoms with Crippen molar-refractivity contribution in [2.45, 2.75) is 25.7 Å². The number of Topliss-reactive ketones (excluding diaryl/α,β-unsaturated/α-hetero) is 1. The Balaban J connectivity index is 1.31. The standard InChI is InChI=1S/C21H26N3O2/c1-26-21-8-3-2-6-16(21)11-13-22-12-5-4-7-20(25)17-9-10-18-19(14-17)24-15-23-18/h2-3,6,8-10,14-15,22-24H,4-5,7,11-13H2,1H3. The number of carbonyl (C=O) groups is 1. The van der Waals surface area contributed by atoms with Gasteiger partial charge in [0.25, 0.3) is 0 Å². The summed E-state index contributed by atoms with van der Waals surface area (Å²) in [6, 6.07) is 13.9. The van der Waals surface area contributed by atoms with Crippen LogP contribution in [0.25, 0.3) is 0 Å². The SMILES string of the molecule is COc1ccccc1CCNCCCCC(=O)c1ccc2c(c1)N[CH]N2. The molecule has 0 bridgehead atoms. The second-order valence-electron chi connectivity index (χ2n) is 6.39. The molecule has 2 aromatic carbocycles. The first-order chi connectivity index (χ1) is 12.8. The lowest BCUT2D eigenvalue weighted by Gasteiger charge is -2.09. The molecule has 5 heteroatoms. The molecule has 26 heavy (non-hydrogen) atoms. The highest BCUT2D eigenvalue weighted by Gasteiger charge is 2.13. The predicted octanol–water partition coefficient (Wildman–Crippen LogP) is 3.84. The van der Waals surface area contributed by atoms with E-state index in [4.69, 9.17) is 4.74 Å². The number of hydrogen-bond acceptors (Lipinski definition) is 5. The number of ketones is 1. The first kappa shape index (κ1) is 18.3. The summed E-state index contributed by atoms with van der Waals surface area (Å²) in [6.07, 6.45) is 3.42. The first-order valence-corrected chi connectivity index (χ1v) is 9.12. The van der Waals surface area contributed by atoms with E-state index in [1.807, 2.05) is 36.4 Å². The minimum Gasteiger partial charge on any atom is -0.496 e. The van der Waals surface area contributed by atoms with Crippen molar-refractivity contribution >= 4 is 17.2 Å². The molecular formula is C21H26N3O2. The summed E-state index contributed by atoms with van der Waals surface area (Å²) in [5.74, 6) is 1.15. The molecule has 0 fully saturated rings. The van der Waals surface area contributed by atoms with Crippen LogP contribution in [0.2, 0.25) is 0 Å². The molecule has 1 aliphatic rings. The van der Waals surface area contributed by atoms with E-state index < -0.39 is 0 Å². The van der Waals surface area contributed by atoms with E-state index in [9.17, 15) is 4.79 Å². The number of benzene rings is 2. The van der Waals surface area contributed by atoms with Crippen molar-refractivity contribution in [3.8, 4) is 5.75 Å². The minimum absolute atomic E-state index is 0.204. The van der Waals surface area contributed by atoms with E-state index in [1.165, 1.54) is 5.56 Å². The zero-order chi connectivity index (χ0) is 18.2. The van der Waals surface area contributed by atoms with Gasteiger partial charge in [-0.1, -0.05) is 18.2 Å². The maximum absolute atomic E-state index is 12.3. The van der Waals surface area contributed by atoms with E-state index in [0.717, 1.165) is 55.0 Å². The van der Waals surface area contributed by atoms with E-state index in [2.05, 4.69) is 22.0 Å². The van der Waals surface area contributed by atoms with Gasteiger partial charge in [0.2, 0.25) is 0 Å². The quantitative estimate of drug-likeness (QED) is 0.448. The van der Waals surface area contributed by atoms with Gasteiger partial charge in [-0.3, -0.25) is 4.79 Å². The van der Waals surface area contributed by atoms with Gasteiger partial charge in [0.1, 0.15) is 12.4 Å². The fourth-order valence-electron chi connectivity index (χ4n) is 3.09. The topological polar surface area (TPSA) is 62.4 Å². The van der Waals surface area contributed by atoms with Crippen LogP contribution in [0.15, 0.2) is 42.5 Å². The molecule has 1 heterocycles. The van der Waals surface area contributed by atoms with Crippen LogP contribution in [0.1, 0.15) is 35.2 Å². The Kier molecular flexibility index (Phi) is 6.50. The zero-order valence-corrected chi connectivity index (χ0v) is 15.2. The smallest absolute Gasteiger partial charge is 0.162 e. The molecule has 0 unspecified atom stereocenters. The number of carbonyl (C=O) groups excluding carboxylic acids is 1. The molecule has 0 spiro atoms. The molecule has 0 aliphatic carbocycles. The minimum atomic E-state index is 0.204. The first-order valence-electron chi connectivity index (χ1n) is 9.12. The molecule has 137 valence electrons. The normalized spacial score (nSPS) is 12.2. The van der Waals surface area contributed by atoms with Crippen molar-refractivity contribution in [1.29, 1.82) is 0 Å². The molecule has 0 saturated heterocycles. The third-order valence-corrected chi connectivity index (χ3v) is 4.57. The number of fused-ring (bicyclic) bond motifs is 1. The number of para-hydroxylation sites is 1. The number of ether oxygens (including phenoxy) is 1. The van der Waals surface area contributed by atoms with Crippen LogP contribution in [0.3, 0.4) is 0 Å². The number of rotatable bonds is 10. The Labute approximate surface area is 155 Å². The third-order valence-electron chi connectivity index (χ3n) is 4.57. The average Bonchev–Trinajstić information content (AvgIpc) is 3.15. The van der Waals surface area contributed by atoms with Crippen molar-refractivity contribution in [2.24, 2.45) is 0 Å². The van der Waals surface area contributed by atoms with E-state index in [-0.39, 0.29) is 5.78 Å². The predicted molar refractivity (Wildman–Crippen MR) is 106 cm³/mol. The Morgan fingerprint density at radius 2 is 1.88 bits per heavy atom. The Morgan fingerprint density at radius 1 is 1.04 bits per heavy atom. The van der Waals surface area contributed by atoms with Gasteiger partial charge < -0.3 is 20.7 Å². The molecule has 3 rings (SSSR count). The third kappa shape index (κ3) is 4.76. The van der Waals surface area contributed by atoms with Crippen LogP contribution in [-0.2, 0) is 6.42 Å². The van der Waals surface area contributed by atoms with Gasteiger partial charge in [-0.05, 0) is 62.2 Å². The summed E-state index contributed by atoms with van der Waals surface area (Å²) in [5, 5.41) is 9.64. The largest absolute Gasteiger partial charge is 0.496 e. The maximum Gasteiger partial charge on any atom is 0.162 e. The van der Waals surface area contributed by atoms with Gasteiger partial charge in [0.15, 0.2) is 5.78 Å². The number of methoxy groups -OCH3 is 1. The lowest BCUT2D eigenvalue weighted by Crippen LogP contribution is -2.19. The molecule has 5 nitrogen and oxygen atoms in total. The Hall–Kier alpha value is -2.53. The van der Waals surface area contributed by atoms with Gasteiger partial charge in [-0.25, -0.2) is 0 Å². The van der Waals surface area contributed by atoms with Crippen LogP contribution in [-0.4, -0.2) is 26.0 Å².